The molecule has 0 aliphatic carbocycles. The van der Waals surface area contributed by atoms with Gasteiger partial charge in [0.2, 0.25) is 5.91 Å². The van der Waals surface area contributed by atoms with Crippen molar-refractivity contribution in [3.8, 4) is 11.3 Å². The molecule has 5 nitrogen and oxygen atoms in total. The van der Waals surface area contributed by atoms with Crippen LogP contribution in [0.2, 0.25) is 0 Å². The molecule has 3 rings (SSSR count). The van der Waals surface area contributed by atoms with Crippen LogP contribution >= 0.6 is 0 Å². The number of fused-ring (bicyclic) bond motifs is 1. The fourth-order valence-corrected chi connectivity index (χ4v) is 2.43. The van der Waals surface area contributed by atoms with Crippen LogP contribution in [0.1, 0.15) is 22.3 Å². The number of aryl methyl sites for hydroxylation is 1. The number of nitrogens with one attached hydrogen (secondary N) is 1. The minimum Gasteiger partial charge on any atom is -0.315 e. The summed E-state index contributed by atoms with van der Waals surface area (Å²) >= 11 is 0. The molecule has 0 fully saturated rings. The van der Waals surface area contributed by atoms with Crippen LogP contribution < -0.4 is 4.90 Å². The van der Waals surface area contributed by atoms with Gasteiger partial charge in [-0.2, -0.15) is 5.10 Å². The van der Waals surface area contributed by atoms with Crippen molar-refractivity contribution in [2.45, 2.75) is 12.8 Å². The second-order valence-electron chi connectivity index (χ2n) is 4.61. The number of aromatic amines is 1. The summed E-state index contributed by atoms with van der Waals surface area (Å²) in [6.45, 7) is 0. The maximum absolute atomic E-state index is 11.6. The van der Waals surface area contributed by atoms with Crippen molar-refractivity contribution in [2.75, 3.05) is 11.9 Å². The van der Waals surface area contributed by atoms with E-state index in [0.29, 0.717) is 12.0 Å². The number of nitrogens with zero attached hydrogens (tertiary/aromatic N) is 2. The number of carbonyl (C=O) groups is 2. The van der Waals surface area contributed by atoms with Gasteiger partial charge in [0.1, 0.15) is 0 Å². The molecule has 1 aliphatic heterocycles. The molecule has 19 heavy (non-hydrogen) atoms. The molecule has 2 aromatic rings. The average molecular weight is 255 g/mol. The van der Waals surface area contributed by atoms with Crippen molar-refractivity contribution in [2.24, 2.45) is 0 Å². The number of aldehydes is 1. The van der Waals surface area contributed by atoms with Gasteiger partial charge in [-0.05, 0) is 24.1 Å². The van der Waals surface area contributed by atoms with Crippen LogP contribution in [0.25, 0.3) is 11.3 Å². The topological polar surface area (TPSA) is 66.1 Å². The summed E-state index contributed by atoms with van der Waals surface area (Å²) in [4.78, 5) is 24.2. The van der Waals surface area contributed by atoms with Gasteiger partial charge in [0.25, 0.3) is 0 Å². The standard InChI is InChI=1S/C14H13N3O2/c1-17-12-4-2-10(6-9(12)3-5-13(17)19)14-11(8-18)7-15-16-14/h2,4,6-8H,3,5H2,1H3,(H,15,16). The average Bonchev–Trinajstić information content (AvgIpc) is 2.91. The van der Waals surface area contributed by atoms with Gasteiger partial charge in [0, 0.05) is 24.7 Å². The molecule has 1 N–H and O–H groups in total. The zero-order chi connectivity index (χ0) is 13.4. The van der Waals surface area contributed by atoms with E-state index in [2.05, 4.69) is 10.2 Å². The van der Waals surface area contributed by atoms with E-state index in [-0.39, 0.29) is 5.91 Å². The first-order chi connectivity index (χ1) is 9.20. The van der Waals surface area contributed by atoms with Gasteiger partial charge in [-0.3, -0.25) is 14.7 Å². The molecule has 1 amide bonds. The first-order valence-electron chi connectivity index (χ1n) is 6.09. The van der Waals surface area contributed by atoms with E-state index >= 15 is 0 Å². The molecule has 2 heterocycles. The molecule has 0 saturated carbocycles. The van der Waals surface area contributed by atoms with E-state index < -0.39 is 0 Å². The van der Waals surface area contributed by atoms with Crippen LogP contribution in [0, 0.1) is 0 Å². The van der Waals surface area contributed by atoms with Gasteiger partial charge in [0.05, 0.1) is 17.5 Å². The smallest absolute Gasteiger partial charge is 0.227 e. The molecule has 0 atom stereocenters. The molecule has 0 spiro atoms. The maximum Gasteiger partial charge on any atom is 0.227 e. The molecule has 1 aromatic heterocycles. The number of carbonyl (C=O) groups excluding carboxylic acids is 2. The summed E-state index contributed by atoms with van der Waals surface area (Å²) in [6.07, 6.45) is 3.55. The zero-order valence-corrected chi connectivity index (χ0v) is 10.5. The Morgan fingerprint density at radius 3 is 3.00 bits per heavy atom. The number of anilines is 1. The predicted octanol–water partition coefficient (Wildman–Crippen LogP) is 1.80. The van der Waals surface area contributed by atoms with Crippen LogP contribution in [-0.2, 0) is 11.2 Å². The highest BCUT2D eigenvalue weighted by Crippen LogP contribution is 2.31. The van der Waals surface area contributed by atoms with Gasteiger partial charge in [-0.25, -0.2) is 0 Å². The summed E-state index contributed by atoms with van der Waals surface area (Å²) in [7, 11) is 1.78. The third kappa shape index (κ3) is 1.83. The molecule has 0 bridgehead atoms. The van der Waals surface area contributed by atoms with E-state index in [0.717, 1.165) is 35.2 Å². The Balaban J connectivity index is 2.07. The van der Waals surface area contributed by atoms with Crippen molar-refractivity contribution in [3.63, 3.8) is 0 Å². The molecule has 0 unspecified atom stereocenters. The maximum atomic E-state index is 11.6. The Morgan fingerprint density at radius 2 is 2.21 bits per heavy atom. The Morgan fingerprint density at radius 1 is 1.37 bits per heavy atom. The van der Waals surface area contributed by atoms with Gasteiger partial charge < -0.3 is 4.90 Å². The lowest BCUT2D eigenvalue weighted by molar-refractivity contribution is -0.118. The largest absolute Gasteiger partial charge is 0.315 e. The summed E-state index contributed by atoms with van der Waals surface area (Å²) in [5, 5.41) is 6.73. The number of hydrogen-bond acceptors (Lipinski definition) is 3. The van der Waals surface area contributed by atoms with E-state index in [1.807, 2.05) is 18.2 Å². The van der Waals surface area contributed by atoms with Crippen molar-refractivity contribution in [1.82, 2.24) is 10.2 Å². The van der Waals surface area contributed by atoms with Crippen LogP contribution in [0.15, 0.2) is 24.4 Å². The Bertz CT molecular complexity index is 660. The van der Waals surface area contributed by atoms with E-state index in [4.69, 9.17) is 0 Å². The number of aromatic nitrogens is 2. The summed E-state index contributed by atoms with van der Waals surface area (Å²) in [6, 6.07) is 5.82. The Hall–Kier alpha value is -2.43. The van der Waals surface area contributed by atoms with E-state index in [1.165, 1.54) is 6.20 Å². The summed E-state index contributed by atoms with van der Waals surface area (Å²) in [5.74, 6) is 0.135. The molecular formula is C14H13N3O2. The second-order valence-corrected chi connectivity index (χ2v) is 4.61. The van der Waals surface area contributed by atoms with Crippen LogP contribution in [0.5, 0.6) is 0 Å². The second kappa shape index (κ2) is 4.35. The van der Waals surface area contributed by atoms with Crippen molar-refractivity contribution >= 4 is 17.9 Å². The molecule has 0 saturated heterocycles. The fraction of sp³-hybridized carbons (Fsp3) is 0.214. The minimum absolute atomic E-state index is 0.135. The number of hydrogen-bond donors (Lipinski definition) is 1. The van der Waals surface area contributed by atoms with Gasteiger partial charge in [-0.15, -0.1) is 0 Å². The van der Waals surface area contributed by atoms with Crippen molar-refractivity contribution in [3.05, 3.63) is 35.5 Å². The fourth-order valence-electron chi connectivity index (χ4n) is 2.43. The van der Waals surface area contributed by atoms with E-state index in [1.54, 1.807) is 11.9 Å². The molecule has 0 radical (unpaired) electrons. The highest BCUT2D eigenvalue weighted by atomic mass is 16.2. The van der Waals surface area contributed by atoms with Crippen LogP contribution in [-0.4, -0.2) is 29.4 Å². The van der Waals surface area contributed by atoms with Gasteiger partial charge >= 0.3 is 0 Å². The quantitative estimate of drug-likeness (QED) is 0.832. The number of amides is 1. The zero-order valence-electron chi connectivity index (χ0n) is 10.5. The monoisotopic (exact) mass is 255 g/mol. The third-order valence-corrected chi connectivity index (χ3v) is 3.51. The number of H-pyrrole nitrogens is 1. The predicted molar refractivity (Wildman–Crippen MR) is 71.1 cm³/mol. The van der Waals surface area contributed by atoms with Gasteiger partial charge in [0.15, 0.2) is 6.29 Å². The van der Waals surface area contributed by atoms with Crippen LogP contribution in [0.3, 0.4) is 0 Å². The molecule has 5 heteroatoms. The van der Waals surface area contributed by atoms with Crippen molar-refractivity contribution in [1.29, 1.82) is 0 Å². The highest BCUT2D eigenvalue weighted by Gasteiger charge is 2.21. The highest BCUT2D eigenvalue weighted by molar-refractivity contribution is 5.96. The molecule has 1 aromatic carbocycles. The normalized spacial score (nSPS) is 14.4. The Labute approximate surface area is 110 Å². The number of benzene rings is 1. The lowest BCUT2D eigenvalue weighted by Crippen LogP contribution is -2.30. The third-order valence-electron chi connectivity index (χ3n) is 3.51. The van der Waals surface area contributed by atoms with Gasteiger partial charge in [-0.1, -0.05) is 6.07 Å². The lowest BCUT2D eigenvalue weighted by atomic mass is 9.97. The van der Waals surface area contributed by atoms with Crippen molar-refractivity contribution < 1.29 is 9.59 Å². The van der Waals surface area contributed by atoms with Crippen LogP contribution in [0.4, 0.5) is 5.69 Å². The summed E-state index contributed by atoms with van der Waals surface area (Å²) < 4.78 is 0. The molecule has 96 valence electrons. The SMILES string of the molecule is CN1C(=O)CCc2cc(-c3[nH]ncc3C=O)ccc21. The molecule has 1 aliphatic rings. The minimum atomic E-state index is 0.135. The first-order valence-corrected chi connectivity index (χ1v) is 6.09. The lowest BCUT2D eigenvalue weighted by Gasteiger charge is -2.26. The van der Waals surface area contributed by atoms with E-state index in [9.17, 15) is 9.59 Å². The first kappa shape index (κ1) is 11.6. The number of rotatable bonds is 2. The summed E-state index contributed by atoms with van der Waals surface area (Å²) in [5.41, 5.74) is 4.23. The molecular weight excluding hydrogens is 242 g/mol. The Kier molecular flexibility index (Phi) is 2.67.